The summed E-state index contributed by atoms with van der Waals surface area (Å²) in [5, 5.41) is 0. The van der Waals surface area contributed by atoms with Gasteiger partial charge in [-0.1, -0.05) is 60.7 Å². The van der Waals surface area contributed by atoms with Crippen molar-refractivity contribution in [2.45, 2.75) is 32.9 Å². The summed E-state index contributed by atoms with van der Waals surface area (Å²) in [5.41, 5.74) is 2.78. The summed E-state index contributed by atoms with van der Waals surface area (Å²) in [5.74, 6) is 0.368. The Balaban J connectivity index is 1.50. The Bertz CT molecular complexity index is 1830. The first-order valence-corrected chi connectivity index (χ1v) is 15.1. The maximum absolute atomic E-state index is 14.0. The van der Waals surface area contributed by atoms with Gasteiger partial charge >= 0.3 is 5.97 Å². The number of halogens is 1. The van der Waals surface area contributed by atoms with Crippen molar-refractivity contribution < 1.29 is 28.1 Å². The molecule has 0 bridgehead atoms. The molecule has 4 aromatic rings. The lowest BCUT2D eigenvalue weighted by atomic mass is 9.95. The van der Waals surface area contributed by atoms with Gasteiger partial charge in [-0.3, -0.25) is 9.36 Å². The zero-order valence-corrected chi connectivity index (χ0v) is 25.6. The van der Waals surface area contributed by atoms with Crippen LogP contribution in [0.2, 0.25) is 0 Å². The maximum Gasteiger partial charge on any atom is 0.338 e. The number of aromatic nitrogens is 1. The highest BCUT2D eigenvalue weighted by atomic mass is 32.1. The van der Waals surface area contributed by atoms with E-state index in [1.807, 2.05) is 55.5 Å². The molecular formula is C34H33FN2O6S. The van der Waals surface area contributed by atoms with Crippen LogP contribution in [0.3, 0.4) is 0 Å². The number of fused-ring (bicyclic) bond motifs is 1. The lowest BCUT2D eigenvalue weighted by Gasteiger charge is -2.26. The topological polar surface area (TPSA) is 88.4 Å². The standard InChI is InChI=1S/C34H33FN2O6S/c1-4-17-41-28-8-6-5-7-27(28)31-30(33(39)42-19-18-40-3)22(2)36-34-37(31)32(38)29(44-34)20-23-11-15-26(16-12-23)43-21-24-9-13-25(35)14-10-24/h5-16,20,31H,4,17-19,21H2,1-3H3/b29-20+/t31-/m1/s1. The summed E-state index contributed by atoms with van der Waals surface area (Å²) in [6, 6.07) is 20.1. The lowest BCUT2D eigenvalue weighted by Crippen LogP contribution is -2.40. The molecule has 0 aliphatic carbocycles. The van der Waals surface area contributed by atoms with Crippen molar-refractivity contribution >= 4 is 23.4 Å². The Morgan fingerprint density at radius 3 is 2.48 bits per heavy atom. The van der Waals surface area contributed by atoms with Gasteiger partial charge in [0.1, 0.15) is 36.6 Å². The number of methoxy groups -OCH3 is 1. The molecule has 0 fully saturated rings. The normalized spacial score (nSPS) is 14.6. The smallest absolute Gasteiger partial charge is 0.338 e. The number of allylic oxidation sites excluding steroid dienone is 1. The molecule has 5 rings (SSSR count). The van der Waals surface area contributed by atoms with E-state index in [2.05, 4.69) is 4.99 Å². The third-order valence-electron chi connectivity index (χ3n) is 6.93. The lowest BCUT2D eigenvalue weighted by molar-refractivity contribution is -0.140. The number of thiazole rings is 1. The summed E-state index contributed by atoms with van der Waals surface area (Å²) >= 11 is 1.25. The van der Waals surface area contributed by atoms with E-state index < -0.39 is 12.0 Å². The molecule has 0 unspecified atom stereocenters. The number of esters is 1. The van der Waals surface area contributed by atoms with Crippen LogP contribution in [0.4, 0.5) is 4.39 Å². The highest BCUT2D eigenvalue weighted by Gasteiger charge is 2.35. The first-order chi connectivity index (χ1) is 21.4. The quantitative estimate of drug-likeness (QED) is 0.166. The molecule has 228 valence electrons. The molecule has 2 heterocycles. The van der Waals surface area contributed by atoms with E-state index in [0.717, 1.165) is 17.5 Å². The minimum absolute atomic E-state index is 0.0703. The van der Waals surface area contributed by atoms with Crippen LogP contribution in [0, 0.1) is 5.82 Å². The highest BCUT2D eigenvalue weighted by molar-refractivity contribution is 7.07. The van der Waals surface area contributed by atoms with Crippen LogP contribution in [0.15, 0.2) is 93.9 Å². The van der Waals surface area contributed by atoms with Gasteiger partial charge in [-0.2, -0.15) is 0 Å². The Kier molecular flexibility index (Phi) is 10.0. The van der Waals surface area contributed by atoms with E-state index in [9.17, 15) is 14.0 Å². The molecule has 0 amide bonds. The van der Waals surface area contributed by atoms with E-state index in [-0.39, 0.29) is 30.2 Å². The zero-order valence-electron chi connectivity index (χ0n) is 24.7. The first-order valence-electron chi connectivity index (χ1n) is 14.3. The molecule has 3 aromatic carbocycles. The van der Waals surface area contributed by atoms with E-state index in [4.69, 9.17) is 18.9 Å². The highest BCUT2D eigenvalue weighted by Crippen LogP contribution is 2.36. The second-order valence-corrected chi connectivity index (χ2v) is 11.1. The van der Waals surface area contributed by atoms with Gasteiger partial charge in [0.25, 0.3) is 5.56 Å². The van der Waals surface area contributed by atoms with Gasteiger partial charge < -0.3 is 18.9 Å². The number of hydrogen-bond acceptors (Lipinski definition) is 8. The molecule has 0 saturated carbocycles. The molecule has 1 atom stereocenters. The summed E-state index contributed by atoms with van der Waals surface area (Å²) in [6.07, 6.45) is 2.59. The van der Waals surface area contributed by atoms with Crippen LogP contribution >= 0.6 is 11.3 Å². The van der Waals surface area contributed by atoms with Crippen LogP contribution in [0.5, 0.6) is 11.5 Å². The Labute approximate surface area is 258 Å². The third-order valence-corrected chi connectivity index (χ3v) is 7.92. The SMILES string of the molecule is CCCOc1ccccc1[C@@H]1C(C(=O)OCCOC)=C(C)N=c2s/c(=C/c3ccc(OCc4ccc(F)cc4)cc3)c(=O)n21. The summed E-state index contributed by atoms with van der Waals surface area (Å²) in [6.45, 7) is 4.86. The van der Waals surface area contributed by atoms with Crippen molar-refractivity contribution in [2.24, 2.45) is 4.99 Å². The van der Waals surface area contributed by atoms with Crippen molar-refractivity contribution in [1.82, 2.24) is 4.57 Å². The average Bonchev–Trinajstić information content (AvgIpc) is 3.33. The largest absolute Gasteiger partial charge is 0.493 e. The predicted octanol–water partition coefficient (Wildman–Crippen LogP) is 4.93. The number of ether oxygens (including phenoxy) is 4. The first kappa shape index (κ1) is 30.9. The maximum atomic E-state index is 14.0. The fraction of sp³-hybridized carbons (Fsp3) is 0.265. The van der Waals surface area contributed by atoms with Crippen LogP contribution in [-0.2, 0) is 20.9 Å². The minimum Gasteiger partial charge on any atom is -0.493 e. The van der Waals surface area contributed by atoms with Crippen molar-refractivity contribution in [3.63, 3.8) is 0 Å². The summed E-state index contributed by atoms with van der Waals surface area (Å²) < 4.78 is 37.6. The minimum atomic E-state index is -0.793. The van der Waals surface area contributed by atoms with E-state index in [0.29, 0.717) is 45.3 Å². The average molecular weight is 617 g/mol. The van der Waals surface area contributed by atoms with Gasteiger partial charge in [0.15, 0.2) is 4.80 Å². The van der Waals surface area contributed by atoms with E-state index in [1.165, 1.54) is 30.6 Å². The molecule has 8 nitrogen and oxygen atoms in total. The second-order valence-electron chi connectivity index (χ2n) is 10.1. The molecule has 0 N–H and O–H groups in total. The van der Waals surface area contributed by atoms with E-state index in [1.54, 1.807) is 29.7 Å². The van der Waals surface area contributed by atoms with E-state index >= 15 is 0 Å². The molecule has 0 radical (unpaired) electrons. The third kappa shape index (κ3) is 6.98. The van der Waals surface area contributed by atoms with Crippen LogP contribution in [0.1, 0.15) is 43.0 Å². The van der Waals surface area contributed by atoms with Crippen molar-refractivity contribution in [1.29, 1.82) is 0 Å². The van der Waals surface area contributed by atoms with Gasteiger partial charge in [-0.15, -0.1) is 0 Å². The molecule has 10 heteroatoms. The number of carbonyl (C=O) groups excluding carboxylic acids is 1. The van der Waals surface area contributed by atoms with Gasteiger partial charge in [-0.05, 0) is 60.9 Å². The van der Waals surface area contributed by atoms with Crippen LogP contribution < -0.4 is 24.4 Å². The van der Waals surface area contributed by atoms with Gasteiger partial charge in [0.05, 0.1) is 29.0 Å². The Morgan fingerprint density at radius 2 is 1.75 bits per heavy atom. The fourth-order valence-corrected chi connectivity index (χ4v) is 5.83. The Hall–Kier alpha value is -4.54. The molecule has 1 aromatic heterocycles. The molecule has 1 aliphatic rings. The summed E-state index contributed by atoms with van der Waals surface area (Å²) in [4.78, 5) is 32.6. The van der Waals surface area contributed by atoms with Crippen LogP contribution in [-0.4, -0.2) is 37.5 Å². The van der Waals surface area contributed by atoms with Crippen molar-refractivity contribution in [2.75, 3.05) is 26.9 Å². The molecule has 0 saturated heterocycles. The fourth-order valence-electron chi connectivity index (χ4n) is 4.78. The molecular weight excluding hydrogens is 583 g/mol. The predicted molar refractivity (Wildman–Crippen MR) is 166 cm³/mol. The number of hydrogen-bond donors (Lipinski definition) is 0. The number of benzene rings is 3. The monoisotopic (exact) mass is 616 g/mol. The number of carbonyl (C=O) groups is 1. The number of rotatable bonds is 12. The molecule has 1 aliphatic heterocycles. The summed E-state index contributed by atoms with van der Waals surface area (Å²) in [7, 11) is 1.53. The van der Waals surface area contributed by atoms with Crippen molar-refractivity contribution in [3.8, 4) is 11.5 Å². The van der Waals surface area contributed by atoms with Gasteiger partial charge in [0.2, 0.25) is 0 Å². The molecule has 0 spiro atoms. The Morgan fingerprint density at radius 1 is 1.00 bits per heavy atom. The number of para-hydroxylation sites is 1. The van der Waals surface area contributed by atoms with Gasteiger partial charge in [-0.25, -0.2) is 14.2 Å². The zero-order chi connectivity index (χ0) is 31.1. The van der Waals surface area contributed by atoms with Gasteiger partial charge in [0, 0.05) is 12.7 Å². The number of nitrogens with zero attached hydrogens (tertiary/aromatic N) is 2. The molecule has 44 heavy (non-hydrogen) atoms. The second kappa shape index (κ2) is 14.3. The van der Waals surface area contributed by atoms with Crippen molar-refractivity contribution in [3.05, 3.63) is 126 Å². The van der Waals surface area contributed by atoms with Crippen LogP contribution in [0.25, 0.3) is 6.08 Å².